The zero-order valence-corrected chi connectivity index (χ0v) is 24.5. The Morgan fingerprint density at radius 2 is 1.35 bits per heavy atom. The van der Waals surface area contributed by atoms with Gasteiger partial charge in [-0.25, -0.2) is 0 Å². The van der Waals surface area contributed by atoms with Crippen LogP contribution in [0, 0.1) is 0 Å². The first-order valence-electron chi connectivity index (χ1n) is 14.7. The molecular formula is C35H44N4O4. The number of rotatable bonds is 10. The first-order chi connectivity index (χ1) is 20.3. The van der Waals surface area contributed by atoms with E-state index in [2.05, 4.69) is 9.80 Å². The van der Waals surface area contributed by atoms with Gasteiger partial charge in [0.05, 0.1) is 13.1 Å². The van der Waals surface area contributed by atoms with Gasteiger partial charge in [0.2, 0.25) is 11.8 Å². The van der Waals surface area contributed by atoms with E-state index in [4.69, 9.17) is 0 Å². The Balaban J connectivity index is 0.00000423. The number of anilines is 1. The molecule has 3 aromatic carbocycles. The van der Waals surface area contributed by atoms with E-state index in [9.17, 15) is 19.5 Å². The summed E-state index contributed by atoms with van der Waals surface area (Å²) >= 11 is 0. The molecule has 2 amide bonds. The molecule has 0 unspecified atom stereocenters. The molecular weight excluding hydrogens is 540 g/mol. The van der Waals surface area contributed by atoms with Gasteiger partial charge in [-0.05, 0) is 49.1 Å². The largest absolute Gasteiger partial charge is 0.481 e. The van der Waals surface area contributed by atoms with E-state index in [1.54, 1.807) is 9.80 Å². The van der Waals surface area contributed by atoms with Gasteiger partial charge in [0.25, 0.3) is 0 Å². The van der Waals surface area contributed by atoms with Gasteiger partial charge < -0.3 is 24.7 Å². The molecule has 1 spiro atoms. The van der Waals surface area contributed by atoms with Crippen LogP contribution in [0.1, 0.15) is 44.2 Å². The highest BCUT2D eigenvalue weighted by Gasteiger charge is 2.54. The van der Waals surface area contributed by atoms with Gasteiger partial charge >= 0.3 is 5.97 Å². The number of carbonyl (C=O) groups is 3. The van der Waals surface area contributed by atoms with Crippen molar-refractivity contribution in [1.29, 1.82) is 0 Å². The summed E-state index contributed by atoms with van der Waals surface area (Å²) in [5, 5.41) is 9.26. The molecule has 2 heterocycles. The predicted molar refractivity (Wildman–Crippen MR) is 170 cm³/mol. The first-order valence-corrected chi connectivity index (χ1v) is 14.7. The van der Waals surface area contributed by atoms with Gasteiger partial charge in [-0.3, -0.25) is 14.4 Å². The van der Waals surface area contributed by atoms with E-state index in [-0.39, 0.29) is 32.2 Å². The lowest BCUT2D eigenvalue weighted by Gasteiger charge is -2.44. The van der Waals surface area contributed by atoms with E-state index in [1.807, 2.05) is 105 Å². The van der Waals surface area contributed by atoms with Crippen molar-refractivity contribution in [2.75, 3.05) is 51.8 Å². The summed E-state index contributed by atoms with van der Waals surface area (Å²) in [5.41, 5.74) is 1.37. The molecule has 3 aromatic rings. The molecule has 8 heteroatoms. The summed E-state index contributed by atoms with van der Waals surface area (Å²) < 4.78 is 0. The number of likely N-dealkylation sites (N-methyl/N-ethyl adjacent to an activating group) is 1. The van der Waals surface area contributed by atoms with Gasteiger partial charge in [0.1, 0.15) is 11.0 Å². The average molecular weight is 585 g/mol. The minimum Gasteiger partial charge on any atom is -0.481 e. The zero-order chi connectivity index (χ0) is 29.7. The van der Waals surface area contributed by atoms with Crippen LogP contribution in [0.3, 0.4) is 0 Å². The number of carboxylic acid groups (broad SMARTS) is 1. The van der Waals surface area contributed by atoms with Crippen LogP contribution in [0.2, 0.25) is 0 Å². The summed E-state index contributed by atoms with van der Waals surface area (Å²) in [6, 6.07) is 30.0. The molecule has 228 valence electrons. The van der Waals surface area contributed by atoms with Crippen LogP contribution in [-0.2, 0) is 19.8 Å². The molecule has 1 N–H and O–H groups in total. The monoisotopic (exact) mass is 584 g/mol. The van der Waals surface area contributed by atoms with Crippen LogP contribution in [0.25, 0.3) is 0 Å². The number of carboxylic acids is 1. The predicted octanol–water partition coefficient (Wildman–Crippen LogP) is 4.70. The third-order valence-electron chi connectivity index (χ3n) is 8.97. The first kappa shape index (κ1) is 31.8. The van der Waals surface area contributed by atoms with Crippen LogP contribution in [-0.4, -0.2) is 90.1 Å². The third-order valence-corrected chi connectivity index (χ3v) is 8.97. The number of amides is 2. The summed E-state index contributed by atoms with van der Waals surface area (Å²) in [6.07, 6.45) is 1.80. The Bertz CT molecular complexity index is 1330. The Labute approximate surface area is 255 Å². The Hall–Kier alpha value is -4.17. The topological polar surface area (TPSA) is 84.4 Å². The average Bonchev–Trinajstić information content (AvgIpc) is 3.29. The van der Waals surface area contributed by atoms with Crippen LogP contribution in [0.5, 0.6) is 0 Å². The van der Waals surface area contributed by atoms with Crippen molar-refractivity contribution in [3.8, 4) is 0 Å². The van der Waals surface area contributed by atoms with Crippen molar-refractivity contribution >= 4 is 23.5 Å². The Morgan fingerprint density at radius 1 is 0.837 bits per heavy atom. The van der Waals surface area contributed by atoms with Crippen molar-refractivity contribution in [2.24, 2.45) is 0 Å². The molecule has 2 aliphatic heterocycles. The quantitative estimate of drug-likeness (QED) is 0.372. The van der Waals surface area contributed by atoms with Crippen molar-refractivity contribution in [1.82, 2.24) is 14.7 Å². The maximum absolute atomic E-state index is 14.0. The normalized spacial score (nSPS) is 16.7. The highest BCUT2D eigenvalue weighted by Crippen LogP contribution is 2.41. The molecule has 8 nitrogen and oxygen atoms in total. The standard InChI is InChI=1S/C34H40N4O4.CH4/c1-35(2)32(42)34(27-12-6-3-7-13-27,28-14-8-4-9-15-28)21-25-36-23-19-33(20-24-36)31(41)37(22-18-30(39)40)26-38(33)29-16-10-5-11-17-29;/h3-17H,18-26H2,1-2H3,(H,39,40);1H4. The molecule has 2 aliphatic rings. The van der Waals surface area contributed by atoms with E-state index in [0.29, 0.717) is 45.6 Å². The maximum Gasteiger partial charge on any atom is 0.305 e. The zero-order valence-electron chi connectivity index (χ0n) is 24.5. The van der Waals surface area contributed by atoms with Gasteiger partial charge in [0, 0.05) is 39.4 Å². The summed E-state index contributed by atoms with van der Waals surface area (Å²) in [6.45, 7) is 2.70. The number of hydrogen-bond donors (Lipinski definition) is 1. The summed E-state index contributed by atoms with van der Waals surface area (Å²) in [7, 11) is 3.63. The summed E-state index contributed by atoms with van der Waals surface area (Å²) in [4.78, 5) is 47.1. The van der Waals surface area contributed by atoms with Gasteiger partial charge in [-0.1, -0.05) is 86.3 Å². The van der Waals surface area contributed by atoms with Gasteiger partial charge in [0.15, 0.2) is 0 Å². The molecule has 0 saturated carbocycles. The van der Waals surface area contributed by atoms with Crippen molar-refractivity contribution in [3.05, 3.63) is 102 Å². The van der Waals surface area contributed by atoms with Gasteiger partial charge in [-0.15, -0.1) is 0 Å². The highest BCUT2D eigenvalue weighted by atomic mass is 16.4. The Morgan fingerprint density at radius 3 is 1.84 bits per heavy atom. The number of piperidine rings is 1. The fourth-order valence-electron chi connectivity index (χ4n) is 6.71. The maximum atomic E-state index is 14.0. The fraction of sp³-hybridized carbons (Fsp3) is 0.400. The van der Waals surface area contributed by atoms with Crippen molar-refractivity contribution in [3.63, 3.8) is 0 Å². The number of aliphatic carboxylic acids is 1. The molecule has 0 aromatic heterocycles. The Kier molecular flexibility index (Phi) is 9.91. The van der Waals surface area contributed by atoms with Crippen LogP contribution in [0.4, 0.5) is 5.69 Å². The smallest absolute Gasteiger partial charge is 0.305 e. The molecule has 0 radical (unpaired) electrons. The number of hydrogen-bond acceptors (Lipinski definition) is 5. The molecule has 5 rings (SSSR count). The molecule has 0 atom stereocenters. The summed E-state index contributed by atoms with van der Waals surface area (Å²) in [5.74, 6) is -0.848. The van der Waals surface area contributed by atoms with Crippen molar-refractivity contribution in [2.45, 2.75) is 44.1 Å². The van der Waals surface area contributed by atoms with Crippen LogP contribution >= 0.6 is 0 Å². The van der Waals surface area contributed by atoms with Gasteiger partial charge in [-0.2, -0.15) is 0 Å². The number of carbonyl (C=O) groups excluding carboxylic acids is 2. The lowest BCUT2D eigenvalue weighted by atomic mass is 9.70. The number of likely N-dealkylation sites (tertiary alicyclic amines) is 1. The third kappa shape index (κ3) is 6.15. The second kappa shape index (κ2) is 13.4. The lowest BCUT2D eigenvalue weighted by Crippen LogP contribution is -2.57. The van der Waals surface area contributed by atoms with Crippen LogP contribution in [0.15, 0.2) is 91.0 Å². The van der Waals surface area contributed by atoms with E-state index in [1.165, 1.54) is 0 Å². The van der Waals surface area contributed by atoms with E-state index in [0.717, 1.165) is 16.8 Å². The number of nitrogens with zero attached hydrogens (tertiary/aromatic N) is 4. The van der Waals surface area contributed by atoms with Crippen LogP contribution < -0.4 is 4.90 Å². The molecule has 2 saturated heterocycles. The molecule has 2 fully saturated rings. The second-order valence-corrected chi connectivity index (χ2v) is 11.6. The molecule has 0 aliphatic carbocycles. The number of benzene rings is 3. The molecule has 43 heavy (non-hydrogen) atoms. The lowest BCUT2D eigenvalue weighted by molar-refractivity contribution is -0.138. The fourth-order valence-corrected chi connectivity index (χ4v) is 6.71. The minimum atomic E-state index is -0.905. The van der Waals surface area contributed by atoms with E-state index >= 15 is 0 Å². The highest BCUT2D eigenvalue weighted by molar-refractivity contribution is 5.94. The number of para-hydroxylation sites is 1. The molecule has 0 bridgehead atoms. The second-order valence-electron chi connectivity index (χ2n) is 11.6. The minimum absolute atomic E-state index is 0. The SMILES string of the molecule is C.CN(C)C(=O)C(CCN1CCC2(CC1)C(=O)N(CCC(=O)O)CN2c1ccccc1)(c1ccccc1)c1ccccc1. The van der Waals surface area contributed by atoms with Crippen molar-refractivity contribution < 1.29 is 19.5 Å². The van der Waals surface area contributed by atoms with E-state index < -0.39 is 16.9 Å².